The van der Waals surface area contributed by atoms with Gasteiger partial charge in [-0.2, -0.15) is 5.10 Å². The van der Waals surface area contributed by atoms with E-state index in [-0.39, 0.29) is 5.91 Å². The van der Waals surface area contributed by atoms with E-state index in [0.29, 0.717) is 11.0 Å². The average Bonchev–Trinajstić information content (AvgIpc) is 2.61. The number of hydrogen-bond donors (Lipinski definition) is 1. The maximum atomic E-state index is 11.8. The molecule has 1 N–H and O–H groups in total. The van der Waals surface area contributed by atoms with Crippen molar-refractivity contribution in [3.63, 3.8) is 0 Å². The summed E-state index contributed by atoms with van der Waals surface area (Å²) in [7, 11) is 1.75. The molecule has 0 aliphatic heterocycles. The Morgan fingerprint density at radius 1 is 1.45 bits per heavy atom. The van der Waals surface area contributed by atoms with Gasteiger partial charge in [0.15, 0.2) is 0 Å². The standard InChI is InChI=1S/C14H15ClN4O/c1-9-6-7-16-12(8-9)17-13(20)5-4-11-10(2)18-19(3)14(11)15/h4-8H,1-3H3,(H,16,17,20)/b5-4+. The molecule has 6 heteroatoms. The molecule has 5 nitrogen and oxygen atoms in total. The van der Waals surface area contributed by atoms with Crippen LogP contribution in [0.5, 0.6) is 0 Å². The van der Waals surface area contributed by atoms with Gasteiger partial charge in [0.1, 0.15) is 11.0 Å². The number of nitrogens with one attached hydrogen (secondary N) is 1. The van der Waals surface area contributed by atoms with Crippen LogP contribution in [0.15, 0.2) is 24.4 Å². The van der Waals surface area contributed by atoms with Crippen molar-refractivity contribution in [3.05, 3.63) is 46.4 Å². The van der Waals surface area contributed by atoms with Crippen molar-refractivity contribution in [1.82, 2.24) is 14.8 Å². The molecule has 2 rings (SSSR count). The molecule has 0 aliphatic carbocycles. The van der Waals surface area contributed by atoms with Crippen LogP contribution in [0.1, 0.15) is 16.8 Å². The van der Waals surface area contributed by atoms with Crippen LogP contribution in [0.4, 0.5) is 5.82 Å². The fraction of sp³-hybridized carbons (Fsp3) is 0.214. The van der Waals surface area contributed by atoms with E-state index in [2.05, 4.69) is 15.4 Å². The van der Waals surface area contributed by atoms with E-state index in [4.69, 9.17) is 11.6 Å². The Bertz CT molecular complexity index is 676. The minimum Gasteiger partial charge on any atom is -0.307 e. The van der Waals surface area contributed by atoms with Gasteiger partial charge in [0.2, 0.25) is 5.91 Å². The van der Waals surface area contributed by atoms with Crippen LogP contribution >= 0.6 is 11.6 Å². The number of carbonyl (C=O) groups is 1. The van der Waals surface area contributed by atoms with E-state index in [1.807, 2.05) is 19.9 Å². The number of halogens is 1. The molecule has 0 saturated carbocycles. The third-order valence-corrected chi connectivity index (χ3v) is 3.21. The van der Waals surface area contributed by atoms with Crippen molar-refractivity contribution in [1.29, 1.82) is 0 Å². The molecule has 20 heavy (non-hydrogen) atoms. The van der Waals surface area contributed by atoms with Crippen LogP contribution in [0.2, 0.25) is 5.15 Å². The predicted molar refractivity (Wildman–Crippen MR) is 79.6 cm³/mol. The summed E-state index contributed by atoms with van der Waals surface area (Å²) in [4.78, 5) is 15.9. The zero-order valence-corrected chi connectivity index (χ0v) is 12.3. The quantitative estimate of drug-likeness (QED) is 0.884. The lowest BCUT2D eigenvalue weighted by molar-refractivity contribution is -0.111. The Balaban J connectivity index is 2.10. The van der Waals surface area contributed by atoms with Crippen LogP contribution in [0, 0.1) is 13.8 Å². The monoisotopic (exact) mass is 290 g/mol. The first kappa shape index (κ1) is 14.3. The molecule has 0 aromatic carbocycles. The number of aromatic nitrogens is 3. The third-order valence-electron chi connectivity index (χ3n) is 2.76. The lowest BCUT2D eigenvalue weighted by Gasteiger charge is -2.01. The zero-order chi connectivity index (χ0) is 14.7. The van der Waals surface area contributed by atoms with Crippen molar-refractivity contribution in [3.8, 4) is 0 Å². The van der Waals surface area contributed by atoms with Crippen LogP contribution in [-0.2, 0) is 11.8 Å². The number of rotatable bonds is 3. The molecule has 0 saturated heterocycles. The minimum atomic E-state index is -0.262. The van der Waals surface area contributed by atoms with Crippen LogP contribution in [-0.4, -0.2) is 20.7 Å². The van der Waals surface area contributed by atoms with Gasteiger partial charge in [-0.05, 0) is 37.6 Å². The summed E-state index contributed by atoms with van der Waals surface area (Å²) in [5, 5.41) is 7.37. The number of pyridine rings is 1. The first-order valence-electron chi connectivity index (χ1n) is 6.08. The molecule has 0 atom stereocenters. The second-order valence-electron chi connectivity index (χ2n) is 4.45. The normalized spacial score (nSPS) is 11.0. The van der Waals surface area contributed by atoms with E-state index in [9.17, 15) is 4.79 Å². The van der Waals surface area contributed by atoms with E-state index in [1.165, 1.54) is 6.08 Å². The third kappa shape index (κ3) is 3.24. The molecule has 2 aromatic heterocycles. The van der Waals surface area contributed by atoms with Gasteiger partial charge < -0.3 is 5.32 Å². The van der Waals surface area contributed by atoms with Gasteiger partial charge in [-0.1, -0.05) is 11.6 Å². The maximum Gasteiger partial charge on any atom is 0.249 e. The topological polar surface area (TPSA) is 59.8 Å². The van der Waals surface area contributed by atoms with Crippen LogP contribution in [0.25, 0.3) is 6.08 Å². The Morgan fingerprint density at radius 3 is 2.80 bits per heavy atom. The molecule has 0 spiro atoms. The lowest BCUT2D eigenvalue weighted by Crippen LogP contribution is -2.09. The molecular weight excluding hydrogens is 276 g/mol. The van der Waals surface area contributed by atoms with Gasteiger partial charge in [-0.15, -0.1) is 0 Å². The maximum absolute atomic E-state index is 11.8. The smallest absolute Gasteiger partial charge is 0.249 e. The molecule has 0 aliphatic rings. The number of nitrogens with zero attached hydrogens (tertiary/aromatic N) is 3. The van der Waals surface area contributed by atoms with Crippen molar-refractivity contribution in [2.45, 2.75) is 13.8 Å². The van der Waals surface area contributed by atoms with Crippen molar-refractivity contribution in [2.24, 2.45) is 7.05 Å². The minimum absolute atomic E-state index is 0.262. The molecule has 0 radical (unpaired) electrons. The van der Waals surface area contributed by atoms with Crippen molar-refractivity contribution in [2.75, 3.05) is 5.32 Å². The lowest BCUT2D eigenvalue weighted by atomic mass is 10.2. The Hall–Kier alpha value is -2.14. The summed E-state index contributed by atoms with van der Waals surface area (Å²) in [5.74, 6) is 0.260. The number of amides is 1. The van der Waals surface area contributed by atoms with E-state index >= 15 is 0 Å². The van der Waals surface area contributed by atoms with Gasteiger partial charge in [-0.25, -0.2) is 4.98 Å². The summed E-state index contributed by atoms with van der Waals surface area (Å²) in [6.45, 7) is 3.78. The van der Waals surface area contributed by atoms with Gasteiger partial charge in [-0.3, -0.25) is 9.48 Å². The highest BCUT2D eigenvalue weighted by Gasteiger charge is 2.08. The summed E-state index contributed by atoms with van der Waals surface area (Å²) < 4.78 is 1.57. The number of anilines is 1. The summed E-state index contributed by atoms with van der Waals surface area (Å²) in [6, 6.07) is 3.66. The molecule has 2 aromatic rings. The first-order chi connectivity index (χ1) is 9.47. The van der Waals surface area contributed by atoms with Gasteiger partial charge >= 0.3 is 0 Å². The number of aryl methyl sites for hydroxylation is 3. The molecule has 0 fully saturated rings. The van der Waals surface area contributed by atoms with Gasteiger partial charge in [0, 0.05) is 24.9 Å². The summed E-state index contributed by atoms with van der Waals surface area (Å²) >= 11 is 6.08. The highest BCUT2D eigenvalue weighted by molar-refractivity contribution is 6.31. The number of carbonyl (C=O) groups excluding carboxylic acids is 1. The van der Waals surface area contributed by atoms with E-state index in [1.54, 1.807) is 30.1 Å². The fourth-order valence-corrected chi connectivity index (χ4v) is 2.00. The first-order valence-corrected chi connectivity index (χ1v) is 6.46. The average molecular weight is 291 g/mol. The predicted octanol–water partition coefficient (Wildman–Crippen LogP) is 2.74. The number of hydrogen-bond acceptors (Lipinski definition) is 3. The second kappa shape index (κ2) is 5.88. The largest absolute Gasteiger partial charge is 0.307 e. The fourth-order valence-electron chi connectivity index (χ4n) is 1.77. The molecule has 0 unspecified atom stereocenters. The SMILES string of the molecule is Cc1ccnc(NC(=O)/C=C/c2c(C)nn(C)c2Cl)c1. The Labute approximate surface area is 122 Å². The van der Waals surface area contributed by atoms with Crippen molar-refractivity contribution >= 4 is 29.4 Å². The van der Waals surface area contributed by atoms with Gasteiger partial charge in [0.05, 0.1) is 5.69 Å². The summed E-state index contributed by atoms with van der Waals surface area (Å²) in [5.41, 5.74) is 2.54. The molecule has 2 heterocycles. The Kier molecular flexibility index (Phi) is 4.20. The van der Waals surface area contributed by atoms with E-state index < -0.39 is 0 Å². The highest BCUT2D eigenvalue weighted by Crippen LogP contribution is 2.20. The van der Waals surface area contributed by atoms with Crippen LogP contribution < -0.4 is 5.32 Å². The molecule has 104 valence electrons. The van der Waals surface area contributed by atoms with Crippen LogP contribution in [0.3, 0.4) is 0 Å². The second-order valence-corrected chi connectivity index (χ2v) is 4.81. The summed E-state index contributed by atoms with van der Waals surface area (Å²) in [6.07, 6.45) is 4.71. The molecule has 0 bridgehead atoms. The Morgan fingerprint density at radius 2 is 2.20 bits per heavy atom. The highest BCUT2D eigenvalue weighted by atomic mass is 35.5. The molecular formula is C14H15ClN4O. The van der Waals surface area contributed by atoms with Gasteiger partial charge in [0.25, 0.3) is 0 Å². The van der Waals surface area contributed by atoms with E-state index in [0.717, 1.165) is 16.8 Å². The van der Waals surface area contributed by atoms with Crippen molar-refractivity contribution < 1.29 is 4.79 Å². The molecule has 1 amide bonds. The zero-order valence-electron chi connectivity index (χ0n) is 11.5.